The molecule has 2 unspecified atom stereocenters. The Morgan fingerprint density at radius 3 is 1.50 bits per heavy atom. The van der Waals surface area contributed by atoms with Crippen molar-refractivity contribution in [1.29, 1.82) is 0 Å². The number of aliphatic hydroxyl groups is 4. The van der Waals surface area contributed by atoms with Crippen molar-refractivity contribution in [2.24, 2.45) is 17.4 Å². The number of quaternary nitrogens is 1. The first-order chi connectivity index (χ1) is 15.3. The van der Waals surface area contributed by atoms with Gasteiger partial charge in [0.25, 0.3) is 0 Å². The van der Waals surface area contributed by atoms with Gasteiger partial charge in [0.2, 0.25) is 0 Å². The number of carbonyl (C=O) groups is 3. The summed E-state index contributed by atoms with van der Waals surface area (Å²) in [5.41, 5.74) is 9.79. The van der Waals surface area contributed by atoms with Gasteiger partial charge in [-0.05, 0) is 19.3 Å². The summed E-state index contributed by atoms with van der Waals surface area (Å²) in [6.07, 6.45) is 0.259. The number of nitrogens with two attached hydrogens (primary N) is 2. The fourth-order valence-corrected chi connectivity index (χ4v) is 1.56. The van der Waals surface area contributed by atoms with E-state index in [4.69, 9.17) is 36.4 Å². The van der Waals surface area contributed by atoms with Crippen molar-refractivity contribution in [1.82, 2.24) is 0 Å². The lowest BCUT2D eigenvalue weighted by Crippen LogP contribution is -2.43. The van der Waals surface area contributed by atoms with Crippen molar-refractivity contribution in [3.05, 3.63) is 12.7 Å². The number of likely N-dealkylation sites (N-methyl/N-ethyl adjacent to an activating group) is 1. The highest BCUT2D eigenvalue weighted by Crippen LogP contribution is 2.01. The van der Waals surface area contributed by atoms with Crippen LogP contribution in [0.3, 0.4) is 0 Å². The van der Waals surface area contributed by atoms with Crippen LogP contribution in [-0.2, 0) is 14.4 Å². The fraction of sp³-hybridized carbons (Fsp3) is 0.762. The summed E-state index contributed by atoms with van der Waals surface area (Å²) in [7, 11) is 5.66. The second-order valence-electron chi connectivity index (χ2n) is 8.30. The molecule has 0 fully saturated rings. The minimum Gasteiger partial charge on any atom is -0.550 e. The molecule has 0 radical (unpaired) electrons. The Bertz CT molecular complexity index is 508. The van der Waals surface area contributed by atoms with Crippen LogP contribution in [0.5, 0.6) is 0 Å². The Labute approximate surface area is 202 Å². The second-order valence-corrected chi connectivity index (χ2v) is 8.30. The highest BCUT2D eigenvalue weighted by molar-refractivity contribution is 5.73. The monoisotopic (exact) mass is 501 g/mol. The maximum absolute atomic E-state index is 10.1. The number of aliphatic carboxylic acids is 3. The average molecular weight is 502 g/mol. The largest absolute Gasteiger partial charge is 0.550 e. The van der Waals surface area contributed by atoms with Crippen molar-refractivity contribution in [3.63, 3.8) is 0 Å². The number of carbonyl (C=O) groups excluding carboxylic acids is 1. The van der Waals surface area contributed by atoms with Gasteiger partial charge in [-0.3, -0.25) is 9.59 Å². The molecule has 0 aromatic heterocycles. The SMILES string of the molecule is C=CC.CC(C)CC(N)C(=O)O.C[N+](C)(C)CC(O)CC(=O)[O-].NCC(=O)O.OCC(O)CO. The number of hydrogen-bond donors (Lipinski definition) is 8. The zero-order valence-corrected chi connectivity index (χ0v) is 21.3. The average Bonchev–Trinajstić information content (AvgIpc) is 2.66. The van der Waals surface area contributed by atoms with E-state index < -0.39 is 36.2 Å². The van der Waals surface area contributed by atoms with E-state index in [1.165, 1.54) is 0 Å². The minimum absolute atomic E-state index is 0.278. The van der Waals surface area contributed by atoms with E-state index in [1.807, 2.05) is 41.9 Å². The Kier molecular flexibility index (Phi) is 33.5. The fourth-order valence-electron chi connectivity index (χ4n) is 1.56. The van der Waals surface area contributed by atoms with Gasteiger partial charge in [-0.15, -0.1) is 6.58 Å². The van der Waals surface area contributed by atoms with Gasteiger partial charge in [0, 0.05) is 12.4 Å². The van der Waals surface area contributed by atoms with Crippen LogP contribution >= 0.6 is 0 Å². The quantitative estimate of drug-likeness (QED) is 0.112. The molecule has 0 aromatic rings. The van der Waals surface area contributed by atoms with E-state index in [-0.39, 0.29) is 26.2 Å². The number of carboxylic acids is 3. The molecule has 0 saturated heterocycles. The van der Waals surface area contributed by atoms with Gasteiger partial charge in [-0.1, -0.05) is 19.9 Å². The molecule has 10 N–H and O–H groups in total. The maximum atomic E-state index is 10.1. The standard InChI is InChI=1S/C7H15NO3.C6H13NO2.C3H8O3.C3H6.C2H5NO2/c1-8(2,3)5-6(9)4-7(10)11;1-4(2)3-5(7)6(8)9;4-1-3(6)2-5;1-3-2;3-1-2(4)5/h6,9H,4-5H2,1-3H3;4-5H,3,7H2,1-2H3,(H,8,9);3-6H,1-2H2;3H,1H2,2H3;1,3H2,(H,4,5). The topological polar surface area (TPSA) is 248 Å². The van der Waals surface area contributed by atoms with Crippen molar-refractivity contribution in [3.8, 4) is 0 Å². The Hall–Kier alpha value is -2.13. The number of nitrogens with zero attached hydrogens (tertiary/aromatic N) is 1. The molecule has 0 aliphatic carbocycles. The lowest BCUT2D eigenvalue weighted by atomic mass is 10.1. The molecule has 0 saturated carbocycles. The Balaban J connectivity index is -0.000000110. The maximum Gasteiger partial charge on any atom is 0.320 e. The second kappa shape index (κ2) is 27.1. The van der Waals surface area contributed by atoms with Crippen LogP contribution in [0, 0.1) is 5.92 Å². The summed E-state index contributed by atoms with van der Waals surface area (Å²) < 4.78 is 0.550. The van der Waals surface area contributed by atoms with Crippen LogP contribution in [0.2, 0.25) is 0 Å². The number of carboxylic acid groups (broad SMARTS) is 3. The number of allylic oxidation sites excluding steroid dienone is 1. The molecule has 0 rings (SSSR count). The van der Waals surface area contributed by atoms with Crippen molar-refractivity contribution in [2.75, 3.05) is 47.4 Å². The minimum atomic E-state index is -1.20. The smallest absolute Gasteiger partial charge is 0.320 e. The third-order valence-electron chi connectivity index (χ3n) is 2.80. The van der Waals surface area contributed by atoms with Gasteiger partial charge in [-0.25, -0.2) is 0 Å². The third-order valence-corrected chi connectivity index (χ3v) is 2.80. The van der Waals surface area contributed by atoms with E-state index in [0.717, 1.165) is 0 Å². The van der Waals surface area contributed by atoms with Crippen LogP contribution in [0.15, 0.2) is 12.7 Å². The van der Waals surface area contributed by atoms with Gasteiger partial charge in [0.05, 0.1) is 40.9 Å². The zero-order valence-electron chi connectivity index (χ0n) is 21.3. The molecule has 0 aliphatic heterocycles. The first-order valence-corrected chi connectivity index (χ1v) is 10.4. The lowest BCUT2D eigenvalue weighted by Gasteiger charge is -2.26. The summed E-state index contributed by atoms with van der Waals surface area (Å²) in [4.78, 5) is 29.4. The van der Waals surface area contributed by atoms with E-state index >= 15 is 0 Å². The summed E-state index contributed by atoms with van der Waals surface area (Å²) in [5.74, 6) is -2.73. The van der Waals surface area contributed by atoms with Crippen LogP contribution in [0.4, 0.5) is 0 Å². The molecule has 13 nitrogen and oxygen atoms in total. The Morgan fingerprint density at radius 1 is 1.03 bits per heavy atom. The summed E-state index contributed by atoms with van der Waals surface area (Å²) in [6, 6.07) is -0.690. The predicted molar refractivity (Wildman–Crippen MR) is 126 cm³/mol. The molecule has 2 atom stereocenters. The molecule has 0 spiro atoms. The lowest BCUT2D eigenvalue weighted by molar-refractivity contribution is -0.873. The molecule has 206 valence electrons. The molecule has 34 heavy (non-hydrogen) atoms. The van der Waals surface area contributed by atoms with E-state index in [1.54, 1.807) is 6.08 Å². The molecular formula is C21H47N3O10. The molecule has 13 heteroatoms. The van der Waals surface area contributed by atoms with Crippen LogP contribution in [-0.4, -0.2) is 119 Å². The molecular weight excluding hydrogens is 454 g/mol. The highest BCUT2D eigenvalue weighted by atomic mass is 16.4. The van der Waals surface area contributed by atoms with E-state index in [9.17, 15) is 19.5 Å². The highest BCUT2D eigenvalue weighted by Gasteiger charge is 2.15. The molecule has 0 heterocycles. The predicted octanol–water partition coefficient (Wildman–Crippen LogP) is -2.81. The molecule has 0 bridgehead atoms. The first-order valence-electron chi connectivity index (χ1n) is 10.4. The molecule has 0 aliphatic rings. The summed E-state index contributed by atoms with van der Waals surface area (Å²) in [5, 5.41) is 59.1. The van der Waals surface area contributed by atoms with E-state index in [0.29, 0.717) is 23.4 Å². The van der Waals surface area contributed by atoms with Gasteiger partial charge in [0.15, 0.2) is 0 Å². The van der Waals surface area contributed by atoms with Crippen LogP contribution < -0.4 is 16.6 Å². The Morgan fingerprint density at radius 2 is 1.38 bits per heavy atom. The summed E-state index contributed by atoms with van der Waals surface area (Å²) >= 11 is 0. The number of rotatable bonds is 10. The van der Waals surface area contributed by atoms with Crippen LogP contribution in [0.25, 0.3) is 0 Å². The summed E-state index contributed by atoms with van der Waals surface area (Å²) in [6.45, 7) is 8.56. The number of aliphatic hydroxyl groups excluding tert-OH is 4. The molecule has 0 amide bonds. The van der Waals surface area contributed by atoms with Gasteiger partial charge in [-0.2, -0.15) is 0 Å². The zero-order chi connectivity index (χ0) is 28.5. The molecule has 0 aromatic carbocycles. The van der Waals surface area contributed by atoms with Crippen molar-refractivity contribution >= 4 is 17.9 Å². The number of hydrogen-bond acceptors (Lipinski definition) is 10. The van der Waals surface area contributed by atoms with Crippen molar-refractivity contribution in [2.45, 2.75) is 51.9 Å². The van der Waals surface area contributed by atoms with E-state index in [2.05, 4.69) is 12.3 Å². The van der Waals surface area contributed by atoms with Gasteiger partial charge >= 0.3 is 11.9 Å². The van der Waals surface area contributed by atoms with Gasteiger partial charge < -0.3 is 56.5 Å². The third kappa shape index (κ3) is 57.2. The van der Waals surface area contributed by atoms with Gasteiger partial charge in [0.1, 0.15) is 24.8 Å². The first kappa shape index (κ1) is 42.1. The van der Waals surface area contributed by atoms with Crippen molar-refractivity contribution < 1.29 is 54.6 Å². The van der Waals surface area contributed by atoms with Crippen LogP contribution in [0.1, 0.15) is 33.6 Å². The normalized spacial score (nSPS) is 11.6.